The molecule has 0 unspecified atom stereocenters. The van der Waals surface area contributed by atoms with Gasteiger partial charge in [-0.25, -0.2) is 0 Å². The largest absolute Gasteiger partial charge is 0.330 e. The first-order valence-electron chi connectivity index (χ1n) is 6.87. The minimum absolute atomic E-state index is 0.194. The van der Waals surface area contributed by atoms with E-state index in [-0.39, 0.29) is 5.34 Å². The maximum atomic E-state index is 8.06. The maximum Gasteiger partial charge on any atom is 0.0967 e. The number of hydrogen-bond acceptors (Lipinski definition) is 3. The molecule has 0 fully saturated rings. The van der Waals surface area contributed by atoms with Gasteiger partial charge < -0.3 is 11.1 Å². The lowest BCUT2D eigenvalue weighted by Crippen LogP contribution is -2.17. The monoisotopic (exact) mass is 311 g/mol. The van der Waals surface area contributed by atoms with E-state index in [1.165, 1.54) is 32.1 Å². The summed E-state index contributed by atoms with van der Waals surface area (Å²) in [5.74, 6) is 0. The van der Waals surface area contributed by atoms with E-state index in [0.29, 0.717) is 6.54 Å². The molecule has 5 nitrogen and oxygen atoms in total. The van der Waals surface area contributed by atoms with E-state index >= 15 is 0 Å². The summed E-state index contributed by atoms with van der Waals surface area (Å²) in [6.07, 6.45) is 8.54. The van der Waals surface area contributed by atoms with E-state index in [4.69, 9.17) is 34.5 Å². The number of nitrogens with one attached hydrogen (secondary N) is 1. The van der Waals surface area contributed by atoms with Crippen LogP contribution in [0.25, 0.3) is 10.4 Å². The molecule has 0 saturated heterocycles. The number of halogens is 2. The summed E-state index contributed by atoms with van der Waals surface area (Å²) >= 11 is 9.53. The quantitative estimate of drug-likeness (QED) is 0.188. The second-order valence-corrected chi connectivity index (χ2v) is 4.88. The molecule has 0 aliphatic rings. The lowest BCUT2D eigenvalue weighted by molar-refractivity contribution is 0.562. The van der Waals surface area contributed by atoms with Crippen molar-refractivity contribution < 1.29 is 0 Å². The average Bonchev–Trinajstić information content (AvgIpc) is 2.41. The molecule has 7 heteroatoms. The highest BCUT2D eigenvalue weighted by Gasteiger charge is 1.91. The summed E-state index contributed by atoms with van der Waals surface area (Å²) in [5, 5.41) is 7.02. The van der Waals surface area contributed by atoms with Gasteiger partial charge in [-0.15, -0.1) is 23.2 Å². The molecule has 0 atom stereocenters. The Bertz CT molecular complexity index is 199. The Hall–Kier alpha value is -0.190. The van der Waals surface area contributed by atoms with Crippen LogP contribution >= 0.6 is 23.2 Å². The number of nitrogens with zero attached hydrogens (tertiary/aromatic N) is 3. The molecule has 0 amide bonds. The zero-order valence-corrected chi connectivity index (χ0v) is 13.2. The van der Waals surface area contributed by atoms with Crippen molar-refractivity contribution >= 4 is 23.2 Å². The molecule has 0 heterocycles. The Morgan fingerprint density at radius 3 is 2.05 bits per heavy atom. The van der Waals surface area contributed by atoms with E-state index in [2.05, 4.69) is 15.3 Å². The molecule has 114 valence electrons. The Morgan fingerprint density at radius 2 is 1.47 bits per heavy atom. The summed E-state index contributed by atoms with van der Waals surface area (Å²) in [6, 6.07) is 0. The summed E-state index contributed by atoms with van der Waals surface area (Å²) in [6.45, 7) is 3.45. The van der Waals surface area contributed by atoms with Gasteiger partial charge in [0, 0.05) is 11.5 Å². The van der Waals surface area contributed by atoms with Crippen LogP contribution in [0, 0.1) is 0 Å². The molecular formula is C12H27Cl2N5. The predicted molar refractivity (Wildman–Crippen MR) is 84.8 cm³/mol. The molecule has 0 aliphatic heterocycles. The van der Waals surface area contributed by atoms with Crippen LogP contribution in [0.2, 0.25) is 0 Å². The van der Waals surface area contributed by atoms with Gasteiger partial charge in [-0.2, -0.15) is 0 Å². The smallest absolute Gasteiger partial charge is 0.0967 e. The topological polar surface area (TPSA) is 86.8 Å². The first-order valence-corrected chi connectivity index (χ1v) is 7.94. The maximum absolute atomic E-state index is 8.06. The van der Waals surface area contributed by atoms with Gasteiger partial charge in [0.2, 0.25) is 0 Å². The van der Waals surface area contributed by atoms with Crippen molar-refractivity contribution in [2.75, 3.05) is 31.5 Å². The molecule has 0 rings (SSSR count). The van der Waals surface area contributed by atoms with Crippen molar-refractivity contribution in [3.63, 3.8) is 0 Å². The van der Waals surface area contributed by atoms with Gasteiger partial charge in [-0.05, 0) is 44.4 Å². The predicted octanol–water partition coefficient (Wildman–Crippen LogP) is 4.00. The minimum Gasteiger partial charge on any atom is -0.330 e. The van der Waals surface area contributed by atoms with Crippen LogP contribution in [-0.2, 0) is 0 Å². The summed E-state index contributed by atoms with van der Waals surface area (Å²) in [5.41, 5.74) is 13.5. The van der Waals surface area contributed by atoms with Gasteiger partial charge in [-0.3, -0.25) is 0 Å². The fraction of sp³-hybridized carbons (Fsp3) is 1.00. The Labute approximate surface area is 126 Å². The second-order valence-electron chi connectivity index (χ2n) is 4.07. The van der Waals surface area contributed by atoms with Gasteiger partial charge in [0.15, 0.2) is 0 Å². The van der Waals surface area contributed by atoms with Crippen LogP contribution < -0.4 is 11.1 Å². The fourth-order valence-electron chi connectivity index (χ4n) is 1.55. The van der Waals surface area contributed by atoms with Crippen LogP contribution in [-0.4, -0.2) is 31.5 Å². The molecule has 0 aromatic heterocycles. The summed E-state index contributed by atoms with van der Waals surface area (Å²) in [4.78, 5) is 2.71. The van der Waals surface area contributed by atoms with Crippen LogP contribution in [0.4, 0.5) is 0 Å². The third-order valence-electron chi connectivity index (χ3n) is 2.48. The van der Waals surface area contributed by atoms with Crippen LogP contribution in [0.5, 0.6) is 0 Å². The third-order valence-corrected chi connectivity index (χ3v) is 2.48. The van der Waals surface area contributed by atoms with E-state index in [1.54, 1.807) is 0 Å². The van der Waals surface area contributed by atoms with Crippen molar-refractivity contribution in [2.24, 2.45) is 10.8 Å². The Kier molecular flexibility index (Phi) is 25.5. The van der Waals surface area contributed by atoms with Gasteiger partial charge in [0.1, 0.15) is 0 Å². The summed E-state index contributed by atoms with van der Waals surface area (Å²) in [7, 11) is 0. The van der Waals surface area contributed by atoms with Crippen LogP contribution in [0.1, 0.15) is 44.9 Å². The van der Waals surface area contributed by atoms with Gasteiger partial charge in [0.25, 0.3) is 0 Å². The highest BCUT2D eigenvalue weighted by molar-refractivity contribution is 6.40. The standard InChI is InChI=1S/C11H25N5.CH2Cl2/c12-8-5-3-1-2-4-6-9-14-10-7-11-15-16-13;2-1-3/h14H,1-12H2;1H2. The van der Waals surface area contributed by atoms with Crippen molar-refractivity contribution in [1.29, 1.82) is 0 Å². The lowest BCUT2D eigenvalue weighted by Gasteiger charge is -2.03. The number of nitrogens with two attached hydrogens (primary N) is 1. The SMILES string of the molecule is ClCCl.[N-]=[N+]=NCCCNCCCCCCCCN. The minimum atomic E-state index is 0.194. The number of unbranched alkanes of at least 4 members (excludes halogenated alkanes) is 5. The molecule has 0 aliphatic carbocycles. The molecule has 19 heavy (non-hydrogen) atoms. The first kappa shape index (κ1) is 21.1. The first-order chi connectivity index (χ1) is 9.33. The Balaban J connectivity index is 0. The number of azide groups is 1. The van der Waals surface area contributed by atoms with E-state index in [9.17, 15) is 0 Å². The number of alkyl halides is 2. The van der Waals surface area contributed by atoms with Gasteiger partial charge >= 0.3 is 0 Å². The molecular weight excluding hydrogens is 285 g/mol. The molecule has 0 aromatic rings. The van der Waals surface area contributed by atoms with E-state index in [1.807, 2.05) is 0 Å². The van der Waals surface area contributed by atoms with Crippen molar-refractivity contribution in [1.82, 2.24) is 5.32 Å². The molecule has 0 saturated carbocycles. The average molecular weight is 312 g/mol. The fourth-order valence-corrected chi connectivity index (χ4v) is 1.55. The van der Waals surface area contributed by atoms with Crippen molar-refractivity contribution in [2.45, 2.75) is 44.9 Å². The third kappa shape index (κ3) is 27.1. The molecule has 0 spiro atoms. The molecule has 0 radical (unpaired) electrons. The Morgan fingerprint density at radius 1 is 0.947 bits per heavy atom. The zero-order valence-electron chi connectivity index (χ0n) is 11.7. The van der Waals surface area contributed by atoms with Crippen LogP contribution in [0.3, 0.4) is 0 Å². The normalized spacial score (nSPS) is 9.42. The van der Waals surface area contributed by atoms with Gasteiger partial charge in [-0.1, -0.05) is 30.8 Å². The highest BCUT2D eigenvalue weighted by Crippen LogP contribution is 2.03. The summed E-state index contributed by atoms with van der Waals surface area (Å²) < 4.78 is 0. The number of hydrogen-bond donors (Lipinski definition) is 2. The molecule has 0 aromatic carbocycles. The lowest BCUT2D eigenvalue weighted by atomic mass is 10.1. The van der Waals surface area contributed by atoms with Crippen LogP contribution in [0.15, 0.2) is 5.11 Å². The van der Waals surface area contributed by atoms with E-state index < -0.39 is 0 Å². The number of rotatable bonds is 12. The molecule has 0 bridgehead atoms. The highest BCUT2D eigenvalue weighted by atomic mass is 35.5. The second kappa shape index (κ2) is 22.9. The van der Waals surface area contributed by atoms with E-state index in [0.717, 1.165) is 32.5 Å². The molecule has 3 N–H and O–H groups in total. The van der Waals surface area contributed by atoms with Gasteiger partial charge in [0.05, 0.1) is 5.34 Å². The van der Waals surface area contributed by atoms with Crippen molar-refractivity contribution in [3.05, 3.63) is 10.4 Å². The zero-order chi connectivity index (χ0) is 14.6. The van der Waals surface area contributed by atoms with Crippen molar-refractivity contribution in [3.8, 4) is 0 Å².